The molecule has 1 N–H and O–H groups in total. The third-order valence-electron chi connectivity index (χ3n) is 4.34. The smallest absolute Gasteiger partial charge is 0.360 e. The molecule has 0 bridgehead atoms. The first-order valence-corrected chi connectivity index (χ1v) is 8.74. The number of aromatic nitrogens is 5. The minimum atomic E-state index is -4.61. The Balaban J connectivity index is 1.65. The van der Waals surface area contributed by atoms with Crippen LogP contribution in [-0.2, 0) is 17.6 Å². The summed E-state index contributed by atoms with van der Waals surface area (Å²) in [7, 11) is 0. The van der Waals surface area contributed by atoms with Gasteiger partial charge in [0, 0.05) is 18.2 Å². The summed E-state index contributed by atoms with van der Waals surface area (Å²) in [6.45, 7) is 2.58. The highest BCUT2D eigenvalue weighted by Gasteiger charge is 2.38. The first kappa shape index (κ1) is 18.4. The molecule has 3 aromatic rings. The largest absolute Gasteiger partial charge is 0.433 e. The second kappa shape index (κ2) is 6.89. The SMILES string of the molecule is CCOCn1cc(NC(=O)c2cnn3c(C(F)(F)F)cc(C4CC4)nc23)cn1. The zero-order valence-corrected chi connectivity index (χ0v) is 14.9. The van der Waals surface area contributed by atoms with E-state index in [1.807, 2.05) is 6.92 Å². The Bertz CT molecular complexity index is 1020. The van der Waals surface area contributed by atoms with Gasteiger partial charge in [-0.2, -0.15) is 23.4 Å². The van der Waals surface area contributed by atoms with E-state index in [-0.39, 0.29) is 23.9 Å². The van der Waals surface area contributed by atoms with Gasteiger partial charge in [0.25, 0.3) is 5.91 Å². The second-order valence-corrected chi connectivity index (χ2v) is 6.48. The van der Waals surface area contributed by atoms with Crippen LogP contribution in [0.25, 0.3) is 5.65 Å². The molecule has 148 valence electrons. The standard InChI is InChI=1S/C17H17F3N6O2/c1-2-28-9-25-8-11(6-21-25)23-16(27)12-7-22-26-14(17(18,19)20)5-13(10-3-4-10)24-15(12)26/h5-8,10H,2-4,9H2,1H3,(H,23,27). The lowest BCUT2D eigenvalue weighted by Gasteiger charge is -2.11. The number of carbonyl (C=O) groups excluding carboxylic acids is 1. The molecule has 0 saturated heterocycles. The van der Waals surface area contributed by atoms with E-state index in [4.69, 9.17) is 4.74 Å². The third kappa shape index (κ3) is 3.57. The number of anilines is 1. The van der Waals surface area contributed by atoms with E-state index >= 15 is 0 Å². The van der Waals surface area contributed by atoms with Crippen molar-refractivity contribution in [3.8, 4) is 0 Å². The highest BCUT2D eigenvalue weighted by Crippen LogP contribution is 2.41. The van der Waals surface area contributed by atoms with Crippen molar-refractivity contribution in [2.45, 2.75) is 38.6 Å². The number of hydrogen-bond acceptors (Lipinski definition) is 5. The molecule has 0 spiro atoms. The molecule has 1 saturated carbocycles. The summed E-state index contributed by atoms with van der Waals surface area (Å²) in [6, 6.07) is 1.01. The van der Waals surface area contributed by atoms with Gasteiger partial charge in [-0.1, -0.05) is 0 Å². The Hall–Kier alpha value is -2.95. The lowest BCUT2D eigenvalue weighted by molar-refractivity contribution is -0.142. The number of alkyl halides is 3. The molecule has 1 aliphatic carbocycles. The van der Waals surface area contributed by atoms with Crippen LogP contribution >= 0.6 is 0 Å². The van der Waals surface area contributed by atoms with Crippen LogP contribution in [0.2, 0.25) is 0 Å². The van der Waals surface area contributed by atoms with E-state index in [9.17, 15) is 18.0 Å². The average Bonchev–Trinajstić information content (AvgIpc) is 3.26. The normalized spacial score (nSPS) is 14.6. The van der Waals surface area contributed by atoms with Crippen molar-refractivity contribution in [2.75, 3.05) is 11.9 Å². The van der Waals surface area contributed by atoms with Gasteiger partial charge in [-0.3, -0.25) is 4.79 Å². The third-order valence-corrected chi connectivity index (χ3v) is 4.34. The fraction of sp³-hybridized carbons (Fsp3) is 0.412. The molecule has 1 amide bonds. The van der Waals surface area contributed by atoms with Crippen LogP contribution < -0.4 is 5.32 Å². The number of rotatable bonds is 6. The minimum absolute atomic E-state index is 0.00583. The fourth-order valence-electron chi connectivity index (χ4n) is 2.81. The van der Waals surface area contributed by atoms with Gasteiger partial charge < -0.3 is 10.1 Å². The zero-order valence-electron chi connectivity index (χ0n) is 14.9. The van der Waals surface area contributed by atoms with Gasteiger partial charge in [-0.25, -0.2) is 14.2 Å². The fourth-order valence-corrected chi connectivity index (χ4v) is 2.81. The monoisotopic (exact) mass is 394 g/mol. The minimum Gasteiger partial charge on any atom is -0.360 e. The molecule has 0 aliphatic heterocycles. The molecular formula is C17H17F3N6O2. The topological polar surface area (TPSA) is 86.3 Å². The van der Waals surface area contributed by atoms with Crippen LogP contribution in [0.1, 0.15) is 47.4 Å². The molecule has 0 radical (unpaired) electrons. The summed E-state index contributed by atoms with van der Waals surface area (Å²) in [6.07, 6.45) is 1.04. The molecule has 0 unspecified atom stereocenters. The van der Waals surface area contributed by atoms with Crippen LogP contribution in [0.3, 0.4) is 0 Å². The molecule has 3 heterocycles. The molecule has 3 aromatic heterocycles. The number of nitrogens with one attached hydrogen (secondary N) is 1. The van der Waals surface area contributed by atoms with Crippen molar-refractivity contribution in [1.29, 1.82) is 0 Å². The van der Waals surface area contributed by atoms with E-state index in [1.165, 1.54) is 10.9 Å². The van der Waals surface area contributed by atoms with Crippen molar-refractivity contribution in [2.24, 2.45) is 0 Å². The number of ether oxygens (including phenoxy) is 1. The Morgan fingerprint density at radius 1 is 1.32 bits per heavy atom. The van der Waals surface area contributed by atoms with Crippen molar-refractivity contribution in [3.63, 3.8) is 0 Å². The molecule has 1 fully saturated rings. The maximum Gasteiger partial charge on any atom is 0.433 e. The first-order chi connectivity index (χ1) is 13.4. The lowest BCUT2D eigenvalue weighted by atomic mass is 10.2. The van der Waals surface area contributed by atoms with E-state index in [0.717, 1.165) is 25.1 Å². The van der Waals surface area contributed by atoms with Gasteiger partial charge in [-0.15, -0.1) is 0 Å². The zero-order chi connectivity index (χ0) is 19.9. The van der Waals surface area contributed by atoms with Gasteiger partial charge in [0.05, 0.1) is 24.3 Å². The summed E-state index contributed by atoms with van der Waals surface area (Å²) in [5.41, 5.74) is -0.373. The molecule has 28 heavy (non-hydrogen) atoms. The van der Waals surface area contributed by atoms with Gasteiger partial charge in [0.2, 0.25) is 0 Å². The summed E-state index contributed by atoms with van der Waals surface area (Å²) < 4.78 is 47.7. The van der Waals surface area contributed by atoms with Crippen molar-refractivity contribution >= 4 is 17.2 Å². The lowest BCUT2D eigenvalue weighted by Crippen LogP contribution is -2.16. The maximum atomic E-state index is 13.4. The van der Waals surface area contributed by atoms with E-state index in [0.29, 0.717) is 22.5 Å². The van der Waals surface area contributed by atoms with Crippen LogP contribution in [0.15, 0.2) is 24.7 Å². The summed E-state index contributed by atoms with van der Waals surface area (Å²) in [5, 5.41) is 10.4. The van der Waals surface area contributed by atoms with Gasteiger partial charge in [0.1, 0.15) is 18.0 Å². The summed E-state index contributed by atoms with van der Waals surface area (Å²) in [5.74, 6) is -0.617. The Kier molecular flexibility index (Phi) is 4.53. The number of fused-ring (bicyclic) bond motifs is 1. The Morgan fingerprint density at radius 3 is 2.79 bits per heavy atom. The Labute approximate surface area is 157 Å². The van der Waals surface area contributed by atoms with Gasteiger partial charge in [0.15, 0.2) is 5.65 Å². The highest BCUT2D eigenvalue weighted by atomic mass is 19.4. The highest BCUT2D eigenvalue weighted by molar-refractivity contribution is 6.08. The maximum absolute atomic E-state index is 13.4. The van der Waals surface area contributed by atoms with E-state index < -0.39 is 17.8 Å². The quantitative estimate of drug-likeness (QED) is 0.694. The summed E-state index contributed by atoms with van der Waals surface area (Å²) in [4.78, 5) is 16.9. The predicted octanol–water partition coefficient (Wildman–Crippen LogP) is 3.07. The van der Waals surface area contributed by atoms with Crippen molar-refractivity contribution in [1.82, 2.24) is 24.4 Å². The van der Waals surface area contributed by atoms with E-state index in [1.54, 1.807) is 6.20 Å². The van der Waals surface area contributed by atoms with Gasteiger partial charge in [-0.05, 0) is 25.8 Å². The van der Waals surface area contributed by atoms with Crippen LogP contribution in [0, 0.1) is 0 Å². The number of carbonyl (C=O) groups is 1. The van der Waals surface area contributed by atoms with E-state index in [2.05, 4.69) is 20.5 Å². The molecular weight excluding hydrogens is 377 g/mol. The molecule has 0 aromatic carbocycles. The molecule has 11 heteroatoms. The number of amides is 1. The van der Waals surface area contributed by atoms with Gasteiger partial charge >= 0.3 is 6.18 Å². The van der Waals surface area contributed by atoms with Crippen LogP contribution in [0.5, 0.6) is 0 Å². The van der Waals surface area contributed by atoms with Crippen molar-refractivity contribution < 1.29 is 22.7 Å². The predicted molar refractivity (Wildman–Crippen MR) is 91.8 cm³/mol. The Morgan fingerprint density at radius 2 is 2.11 bits per heavy atom. The number of hydrogen-bond donors (Lipinski definition) is 1. The molecule has 8 nitrogen and oxygen atoms in total. The average molecular weight is 394 g/mol. The first-order valence-electron chi connectivity index (χ1n) is 8.74. The molecule has 1 aliphatic rings. The van der Waals surface area contributed by atoms with Crippen LogP contribution in [-0.4, -0.2) is 36.9 Å². The number of nitrogens with zero attached hydrogens (tertiary/aromatic N) is 5. The summed E-state index contributed by atoms with van der Waals surface area (Å²) >= 11 is 0. The van der Waals surface area contributed by atoms with Crippen molar-refractivity contribution in [3.05, 3.63) is 41.6 Å². The number of halogens is 3. The molecule has 4 rings (SSSR count). The van der Waals surface area contributed by atoms with Crippen LogP contribution in [0.4, 0.5) is 18.9 Å². The second-order valence-electron chi connectivity index (χ2n) is 6.48. The molecule has 0 atom stereocenters.